The molecular weight excluding hydrogens is 609 g/mol. The maximum Gasteiger partial charge on any atom is 0.263 e. The van der Waals surface area contributed by atoms with E-state index in [4.69, 9.17) is 21.3 Å². The van der Waals surface area contributed by atoms with Gasteiger partial charge in [0, 0.05) is 29.6 Å². The summed E-state index contributed by atoms with van der Waals surface area (Å²) in [5.74, 6) is 1.31. The summed E-state index contributed by atoms with van der Waals surface area (Å²) in [7, 11) is -3.94. The molecule has 1 aliphatic rings. The van der Waals surface area contributed by atoms with Crippen molar-refractivity contribution in [3.63, 3.8) is 0 Å². The van der Waals surface area contributed by atoms with Gasteiger partial charge in [-0.05, 0) is 62.2 Å². The monoisotopic (exact) mass is 637 g/mol. The lowest BCUT2D eigenvalue weighted by molar-refractivity contribution is 0.459. The van der Waals surface area contributed by atoms with Crippen LogP contribution in [0.4, 0.5) is 11.6 Å². The average molecular weight is 639 g/mol. The number of rotatable bonds is 8. The van der Waals surface area contributed by atoms with E-state index in [1.807, 2.05) is 25.1 Å². The van der Waals surface area contributed by atoms with Crippen LogP contribution in [-0.2, 0) is 10.0 Å². The van der Waals surface area contributed by atoms with E-state index in [1.54, 1.807) is 48.8 Å². The first-order valence-electron chi connectivity index (χ1n) is 13.5. The van der Waals surface area contributed by atoms with Crippen LogP contribution in [0.2, 0.25) is 5.02 Å². The normalized spacial score (nSPS) is 15.0. The largest absolute Gasteiger partial charge is 0.436 e. The van der Waals surface area contributed by atoms with Crippen LogP contribution in [0.25, 0.3) is 22.0 Å². The number of aromatic nitrogens is 4. The Hall–Kier alpha value is -4.03. The second-order valence-corrected chi connectivity index (χ2v) is 12.0. The molecule has 5 aromatic rings. The summed E-state index contributed by atoms with van der Waals surface area (Å²) < 4.78 is 35.5. The van der Waals surface area contributed by atoms with Crippen LogP contribution in [0, 0.1) is 6.92 Å². The van der Waals surface area contributed by atoms with Crippen LogP contribution in [0.5, 0.6) is 11.6 Å². The van der Waals surface area contributed by atoms with Crippen LogP contribution < -0.4 is 20.1 Å². The standard InChI is InChI=1S/C30H28ClN7O3S.ClH/c1-19-11-12-21-22(7-4-9-26(21)38-42(39,40)27-10-3-2-8-24(27)31)28(19)41-29-23(13-17-34-37-29)25-14-16-33-30(36-25)35-20-6-5-15-32-18-20;/h2-4,7-14,16-17,20,32,38H,5-6,15,18H2,1H3,(H,33,35,36);1H/t20-;/m0./s1. The minimum Gasteiger partial charge on any atom is -0.436 e. The van der Waals surface area contributed by atoms with E-state index in [-0.39, 0.29) is 34.2 Å². The lowest BCUT2D eigenvalue weighted by Crippen LogP contribution is -2.38. The Balaban J connectivity index is 0.00000368. The summed E-state index contributed by atoms with van der Waals surface area (Å²) >= 11 is 6.19. The summed E-state index contributed by atoms with van der Waals surface area (Å²) in [5, 5.41) is 16.6. The van der Waals surface area contributed by atoms with Crippen molar-refractivity contribution in [2.24, 2.45) is 0 Å². The first kappa shape index (κ1) is 30.4. The molecule has 3 aromatic carbocycles. The Bertz CT molecular complexity index is 1870. The third-order valence-corrected chi connectivity index (χ3v) is 8.89. The second kappa shape index (κ2) is 13.1. The van der Waals surface area contributed by atoms with Gasteiger partial charge in [-0.25, -0.2) is 18.4 Å². The number of sulfonamides is 1. The Morgan fingerprint density at radius 1 is 1.00 bits per heavy atom. The van der Waals surface area contributed by atoms with Crippen molar-refractivity contribution < 1.29 is 13.2 Å². The van der Waals surface area contributed by atoms with Gasteiger partial charge in [-0.15, -0.1) is 17.5 Å². The highest BCUT2D eigenvalue weighted by atomic mass is 35.5. The van der Waals surface area contributed by atoms with E-state index >= 15 is 0 Å². The number of hydrogen-bond donors (Lipinski definition) is 3. The van der Waals surface area contributed by atoms with Crippen molar-refractivity contribution in [2.75, 3.05) is 23.1 Å². The van der Waals surface area contributed by atoms with Gasteiger partial charge in [0.15, 0.2) is 0 Å². The number of fused-ring (bicyclic) bond motifs is 1. The van der Waals surface area contributed by atoms with E-state index in [0.29, 0.717) is 39.4 Å². The molecule has 1 fully saturated rings. The van der Waals surface area contributed by atoms with Gasteiger partial charge in [-0.1, -0.05) is 48.0 Å². The number of halogens is 2. The zero-order valence-corrected chi connectivity index (χ0v) is 25.5. The molecule has 10 nitrogen and oxygen atoms in total. The van der Waals surface area contributed by atoms with Crippen LogP contribution in [0.15, 0.2) is 84.0 Å². The Labute approximate surface area is 260 Å². The summed E-state index contributed by atoms with van der Waals surface area (Å²) in [6.07, 6.45) is 5.42. The van der Waals surface area contributed by atoms with Gasteiger partial charge in [0.05, 0.1) is 28.2 Å². The van der Waals surface area contributed by atoms with Crippen molar-refractivity contribution >= 4 is 56.4 Å². The third kappa shape index (κ3) is 6.65. The fourth-order valence-electron chi connectivity index (χ4n) is 4.95. The maximum absolute atomic E-state index is 13.2. The summed E-state index contributed by atoms with van der Waals surface area (Å²) in [6.45, 7) is 3.79. The first-order chi connectivity index (χ1) is 20.4. The van der Waals surface area contributed by atoms with Gasteiger partial charge < -0.3 is 15.4 Å². The first-order valence-corrected chi connectivity index (χ1v) is 15.3. The lowest BCUT2D eigenvalue weighted by atomic mass is 10.0. The topological polar surface area (TPSA) is 131 Å². The molecule has 0 radical (unpaired) electrons. The Kier molecular flexibility index (Phi) is 9.26. The molecule has 3 N–H and O–H groups in total. The van der Waals surface area contributed by atoms with Crippen molar-refractivity contribution in [3.05, 3.63) is 89.7 Å². The van der Waals surface area contributed by atoms with Gasteiger partial charge in [0.2, 0.25) is 11.8 Å². The Morgan fingerprint density at radius 2 is 1.86 bits per heavy atom. The predicted octanol–water partition coefficient (Wildman–Crippen LogP) is 6.23. The van der Waals surface area contributed by atoms with Crippen LogP contribution >= 0.6 is 24.0 Å². The molecule has 222 valence electrons. The lowest BCUT2D eigenvalue weighted by Gasteiger charge is -2.23. The molecule has 0 saturated carbocycles. The number of anilines is 2. The molecule has 0 bridgehead atoms. The molecule has 1 saturated heterocycles. The summed E-state index contributed by atoms with van der Waals surface area (Å²) in [4.78, 5) is 9.13. The number of nitrogens with one attached hydrogen (secondary N) is 3. The zero-order chi connectivity index (χ0) is 29.1. The molecule has 0 aliphatic carbocycles. The Morgan fingerprint density at radius 3 is 2.67 bits per heavy atom. The number of hydrogen-bond acceptors (Lipinski definition) is 9. The van der Waals surface area contributed by atoms with Crippen LogP contribution in [-0.4, -0.2) is 47.7 Å². The minimum absolute atomic E-state index is 0. The van der Waals surface area contributed by atoms with Crippen molar-refractivity contribution in [1.29, 1.82) is 0 Å². The molecule has 1 aliphatic heterocycles. The number of nitrogens with zero attached hydrogens (tertiary/aromatic N) is 4. The molecule has 3 heterocycles. The van der Waals surface area contributed by atoms with E-state index < -0.39 is 10.0 Å². The number of aryl methyl sites for hydroxylation is 1. The van der Waals surface area contributed by atoms with E-state index in [9.17, 15) is 8.42 Å². The highest BCUT2D eigenvalue weighted by Crippen LogP contribution is 2.39. The van der Waals surface area contributed by atoms with Crippen molar-refractivity contribution in [3.8, 4) is 22.9 Å². The second-order valence-electron chi connectivity index (χ2n) is 9.95. The van der Waals surface area contributed by atoms with Gasteiger partial charge in [0.25, 0.3) is 10.0 Å². The molecule has 13 heteroatoms. The van der Waals surface area contributed by atoms with Crippen molar-refractivity contribution in [1.82, 2.24) is 25.5 Å². The van der Waals surface area contributed by atoms with E-state index in [0.717, 1.165) is 31.5 Å². The van der Waals surface area contributed by atoms with E-state index in [2.05, 4.69) is 30.5 Å². The van der Waals surface area contributed by atoms with Crippen LogP contribution in [0.3, 0.4) is 0 Å². The number of benzene rings is 3. The SMILES string of the molecule is Cc1ccc2c(NS(=O)(=O)c3ccccc3Cl)cccc2c1Oc1nnccc1-c1ccnc(N[C@H]2CCCNC2)n1.Cl. The fourth-order valence-corrected chi connectivity index (χ4v) is 6.55. The molecule has 1 atom stereocenters. The molecule has 0 amide bonds. The van der Waals surface area contributed by atoms with Crippen LogP contribution in [0.1, 0.15) is 18.4 Å². The summed E-state index contributed by atoms with van der Waals surface area (Å²) in [6, 6.07) is 19.2. The predicted molar refractivity (Wildman–Crippen MR) is 171 cm³/mol. The molecule has 2 aromatic heterocycles. The highest BCUT2D eigenvalue weighted by molar-refractivity contribution is 7.92. The number of piperidine rings is 1. The average Bonchev–Trinajstić information content (AvgIpc) is 2.99. The highest BCUT2D eigenvalue weighted by Gasteiger charge is 2.21. The van der Waals surface area contributed by atoms with Crippen molar-refractivity contribution in [2.45, 2.75) is 30.7 Å². The smallest absolute Gasteiger partial charge is 0.263 e. The van der Waals surface area contributed by atoms with E-state index in [1.165, 1.54) is 12.1 Å². The van der Waals surface area contributed by atoms with Gasteiger partial charge in [0.1, 0.15) is 10.6 Å². The van der Waals surface area contributed by atoms with Gasteiger partial charge in [-0.3, -0.25) is 4.72 Å². The molecular formula is C30H29Cl2N7O3S. The van der Waals surface area contributed by atoms with Gasteiger partial charge >= 0.3 is 0 Å². The molecule has 6 rings (SSSR count). The number of ether oxygens (including phenoxy) is 1. The fraction of sp³-hybridized carbons (Fsp3) is 0.200. The zero-order valence-electron chi connectivity index (χ0n) is 23.1. The maximum atomic E-state index is 13.2. The molecule has 0 spiro atoms. The molecule has 0 unspecified atom stereocenters. The minimum atomic E-state index is -3.94. The molecule has 43 heavy (non-hydrogen) atoms. The summed E-state index contributed by atoms with van der Waals surface area (Å²) in [5.41, 5.74) is 2.50. The van der Waals surface area contributed by atoms with Gasteiger partial charge in [-0.2, -0.15) is 5.10 Å². The third-order valence-electron chi connectivity index (χ3n) is 7.03. The quantitative estimate of drug-likeness (QED) is 0.181.